The van der Waals surface area contributed by atoms with Gasteiger partial charge in [0.05, 0.1) is 11.5 Å². The molecule has 0 aliphatic rings. The van der Waals surface area contributed by atoms with Gasteiger partial charge in [0.2, 0.25) is 0 Å². The second kappa shape index (κ2) is 6.06. The second-order valence-corrected chi connectivity index (χ2v) is 8.65. The molecule has 0 unspecified atom stereocenters. The number of halogens is 2. The summed E-state index contributed by atoms with van der Waals surface area (Å²) in [6, 6.07) is 1.08. The minimum atomic E-state index is -4.39. The average Bonchev–Trinajstić information content (AvgIpc) is 2.36. The van der Waals surface area contributed by atoms with E-state index in [1.807, 2.05) is 0 Å². The summed E-state index contributed by atoms with van der Waals surface area (Å²) in [6.07, 6.45) is 0. The monoisotopic (exact) mass is 342 g/mol. The Hall–Kier alpha value is -1.55. The van der Waals surface area contributed by atoms with Crippen molar-refractivity contribution in [2.75, 3.05) is 17.3 Å². The van der Waals surface area contributed by atoms with Gasteiger partial charge in [-0.2, -0.15) is 0 Å². The number of hydrogen-bond donors (Lipinski definition) is 1. The molecule has 0 heterocycles. The van der Waals surface area contributed by atoms with Crippen molar-refractivity contribution >= 4 is 25.6 Å². The maximum Gasteiger partial charge on any atom is 0.341 e. The lowest BCUT2D eigenvalue weighted by atomic mass is 10.2. The molecule has 0 aromatic heterocycles. The number of benzene rings is 1. The lowest BCUT2D eigenvalue weighted by Gasteiger charge is -2.08. The number of aromatic carboxylic acids is 1. The van der Waals surface area contributed by atoms with Crippen molar-refractivity contribution in [1.82, 2.24) is 0 Å². The van der Waals surface area contributed by atoms with Crippen molar-refractivity contribution in [2.24, 2.45) is 0 Å². The van der Waals surface area contributed by atoms with Crippen LogP contribution in [0, 0.1) is 11.6 Å². The summed E-state index contributed by atoms with van der Waals surface area (Å²) in [5.74, 6) is -7.04. The fraction of sp³-hybridized carbons (Fsp3) is 0.364. The van der Waals surface area contributed by atoms with E-state index in [0.717, 1.165) is 0 Å². The standard InChI is InChI=1S/C11H12F2O6S2/c1-2-20(16,17)5-6-21(18,19)8-4-3-7(12)9(10(8)13)11(14)15/h3-4H,2,5-6H2,1H3,(H,14,15). The predicted octanol–water partition coefficient (Wildman–Crippen LogP) is 0.871. The molecular formula is C11H12F2O6S2. The Balaban J connectivity index is 3.28. The molecule has 21 heavy (non-hydrogen) atoms. The Kier molecular flexibility index (Phi) is 5.05. The summed E-state index contributed by atoms with van der Waals surface area (Å²) in [5, 5.41) is 8.66. The van der Waals surface area contributed by atoms with Gasteiger partial charge in [-0.1, -0.05) is 6.92 Å². The lowest BCUT2D eigenvalue weighted by Crippen LogP contribution is -2.20. The fourth-order valence-corrected chi connectivity index (χ4v) is 4.51. The molecule has 0 aliphatic carbocycles. The van der Waals surface area contributed by atoms with Gasteiger partial charge < -0.3 is 5.11 Å². The topological polar surface area (TPSA) is 106 Å². The van der Waals surface area contributed by atoms with Crippen LogP contribution < -0.4 is 0 Å². The van der Waals surface area contributed by atoms with Gasteiger partial charge in [-0.05, 0) is 12.1 Å². The van der Waals surface area contributed by atoms with E-state index < -0.39 is 59.2 Å². The van der Waals surface area contributed by atoms with E-state index in [9.17, 15) is 30.4 Å². The highest BCUT2D eigenvalue weighted by Gasteiger charge is 2.28. The molecule has 1 rings (SSSR count). The maximum atomic E-state index is 13.8. The Morgan fingerprint density at radius 1 is 1.14 bits per heavy atom. The van der Waals surface area contributed by atoms with Gasteiger partial charge in [-0.3, -0.25) is 0 Å². The Bertz CT molecular complexity index is 768. The first-order valence-electron chi connectivity index (χ1n) is 5.66. The summed E-state index contributed by atoms with van der Waals surface area (Å²) < 4.78 is 73.3. The minimum Gasteiger partial charge on any atom is -0.477 e. The first-order valence-corrected chi connectivity index (χ1v) is 9.13. The molecule has 6 nitrogen and oxygen atoms in total. The van der Waals surface area contributed by atoms with E-state index in [0.29, 0.717) is 12.1 Å². The van der Waals surface area contributed by atoms with E-state index in [1.165, 1.54) is 6.92 Å². The lowest BCUT2D eigenvalue weighted by molar-refractivity contribution is 0.0685. The normalized spacial score (nSPS) is 12.3. The number of carboxylic acids is 1. The highest BCUT2D eigenvalue weighted by molar-refractivity contribution is 7.95. The first-order chi connectivity index (χ1) is 9.52. The molecule has 0 radical (unpaired) electrons. The zero-order valence-electron chi connectivity index (χ0n) is 10.8. The number of rotatable bonds is 6. The third kappa shape index (κ3) is 3.97. The van der Waals surface area contributed by atoms with Crippen molar-refractivity contribution < 1.29 is 35.5 Å². The molecular weight excluding hydrogens is 330 g/mol. The van der Waals surface area contributed by atoms with Crippen LogP contribution in [0.4, 0.5) is 8.78 Å². The van der Waals surface area contributed by atoms with Crippen LogP contribution in [0.15, 0.2) is 17.0 Å². The predicted molar refractivity (Wildman–Crippen MR) is 69.7 cm³/mol. The van der Waals surface area contributed by atoms with Gasteiger partial charge in [0.15, 0.2) is 25.5 Å². The number of carboxylic acid groups (broad SMARTS) is 1. The van der Waals surface area contributed by atoms with Gasteiger partial charge in [-0.15, -0.1) is 0 Å². The van der Waals surface area contributed by atoms with E-state index in [4.69, 9.17) is 5.11 Å². The number of hydrogen-bond acceptors (Lipinski definition) is 5. The number of sulfone groups is 2. The Morgan fingerprint density at radius 3 is 2.19 bits per heavy atom. The summed E-state index contributed by atoms with van der Waals surface area (Å²) in [7, 11) is -7.99. The second-order valence-electron chi connectivity index (χ2n) is 4.09. The molecule has 0 aliphatic heterocycles. The molecule has 0 atom stereocenters. The van der Waals surface area contributed by atoms with Crippen LogP contribution >= 0.6 is 0 Å². The quantitative estimate of drug-likeness (QED) is 0.769. The molecule has 1 N–H and O–H groups in total. The maximum absolute atomic E-state index is 13.8. The van der Waals surface area contributed by atoms with E-state index in [-0.39, 0.29) is 5.75 Å². The molecule has 1 aromatic rings. The van der Waals surface area contributed by atoms with Crippen molar-refractivity contribution in [3.63, 3.8) is 0 Å². The van der Waals surface area contributed by atoms with Gasteiger partial charge in [-0.25, -0.2) is 30.4 Å². The molecule has 0 bridgehead atoms. The highest BCUT2D eigenvalue weighted by Crippen LogP contribution is 2.22. The zero-order valence-corrected chi connectivity index (χ0v) is 12.5. The van der Waals surface area contributed by atoms with Gasteiger partial charge >= 0.3 is 5.97 Å². The van der Waals surface area contributed by atoms with Crippen LogP contribution in [0.25, 0.3) is 0 Å². The molecule has 0 spiro atoms. The average molecular weight is 342 g/mol. The van der Waals surface area contributed by atoms with Crippen LogP contribution in [0.1, 0.15) is 17.3 Å². The fourth-order valence-electron chi connectivity index (χ4n) is 1.46. The van der Waals surface area contributed by atoms with Crippen molar-refractivity contribution in [1.29, 1.82) is 0 Å². The van der Waals surface area contributed by atoms with Crippen LogP contribution in [0.3, 0.4) is 0 Å². The van der Waals surface area contributed by atoms with E-state index in [1.54, 1.807) is 0 Å². The summed E-state index contributed by atoms with van der Waals surface area (Å²) in [4.78, 5) is 9.68. The van der Waals surface area contributed by atoms with Crippen molar-refractivity contribution in [3.8, 4) is 0 Å². The van der Waals surface area contributed by atoms with Crippen molar-refractivity contribution in [3.05, 3.63) is 29.3 Å². The van der Waals surface area contributed by atoms with E-state index >= 15 is 0 Å². The van der Waals surface area contributed by atoms with Crippen LogP contribution in [0.5, 0.6) is 0 Å². The molecule has 10 heteroatoms. The van der Waals surface area contributed by atoms with Gasteiger partial charge in [0.25, 0.3) is 0 Å². The van der Waals surface area contributed by atoms with Crippen LogP contribution in [-0.4, -0.2) is 45.2 Å². The third-order valence-corrected chi connectivity index (χ3v) is 6.40. The largest absolute Gasteiger partial charge is 0.477 e. The first kappa shape index (κ1) is 17.5. The summed E-state index contributed by atoms with van der Waals surface area (Å²) in [6.45, 7) is 1.32. The van der Waals surface area contributed by atoms with Crippen LogP contribution in [-0.2, 0) is 19.7 Å². The zero-order chi connectivity index (χ0) is 16.4. The van der Waals surface area contributed by atoms with Crippen molar-refractivity contribution in [2.45, 2.75) is 11.8 Å². The third-order valence-electron chi connectivity index (χ3n) is 2.71. The highest BCUT2D eigenvalue weighted by atomic mass is 32.2. The molecule has 118 valence electrons. The minimum absolute atomic E-state index is 0.283. The molecule has 0 fully saturated rings. The smallest absolute Gasteiger partial charge is 0.341 e. The molecule has 0 saturated heterocycles. The Morgan fingerprint density at radius 2 is 1.71 bits per heavy atom. The summed E-state index contributed by atoms with van der Waals surface area (Å²) >= 11 is 0. The molecule has 0 amide bonds. The SMILES string of the molecule is CCS(=O)(=O)CCS(=O)(=O)c1ccc(F)c(C(=O)O)c1F. The van der Waals surface area contributed by atoms with Gasteiger partial charge in [0.1, 0.15) is 16.3 Å². The Labute approximate surface area is 120 Å². The molecule has 0 saturated carbocycles. The van der Waals surface area contributed by atoms with E-state index in [2.05, 4.69) is 0 Å². The molecule has 1 aromatic carbocycles. The number of carbonyl (C=O) groups is 1. The van der Waals surface area contributed by atoms with Crippen LogP contribution in [0.2, 0.25) is 0 Å². The summed E-state index contributed by atoms with van der Waals surface area (Å²) in [5.41, 5.74) is -1.39. The van der Waals surface area contributed by atoms with Gasteiger partial charge in [0, 0.05) is 5.75 Å².